The Bertz CT molecular complexity index is 1010. The number of benzene rings is 2. The summed E-state index contributed by atoms with van der Waals surface area (Å²) in [6, 6.07) is 11.4. The van der Waals surface area contributed by atoms with Gasteiger partial charge in [-0.15, -0.1) is 0 Å². The Morgan fingerprint density at radius 3 is 2.23 bits per heavy atom. The van der Waals surface area contributed by atoms with E-state index in [0.29, 0.717) is 22.2 Å². The van der Waals surface area contributed by atoms with Crippen LogP contribution in [0, 0.1) is 0 Å². The molecular weight excluding hydrogens is 406 g/mol. The molecule has 0 bridgehead atoms. The lowest BCUT2D eigenvalue weighted by Gasteiger charge is -2.18. The number of rotatable bonds is 8. The summed E-state index contributed by atoms with van der Waals surface area (Å²) in [6.45, 7) is 4.09. The summed E-state index contributed by atoms with van der Waals surface area (Å²) in [5, 5.41) is 4.87. The van der Waals surface area contributed by atoms with Gasteiger partial charge in [-0.1, -0.05) is 48.8 Å². The normalized spacial score (nSPS) is 11.4. The summed E-state index contributed by atoms with van der Waals surface area (Å²) in [5.74, 6) is 2.06. The average Bonchev–Trinajstić information content (AvgIpc) is 3.19. The number of aromatic nitrogens is 1. The van der Waals surface area contributed by atoms with Gasteiger partial charge in [-0.2, -0.15) is 0 Å². The van der Waals surface area contributed by atoms with Crippen molar-refractivity contribution in [2.45, 2.75) is 26.1 Å². The standard InChI is InChI=1S/C23H26ClNO5/c1-13(2)21-19(20(25-30-21)23(28-5)29-6)15-11-10-14(24)12-17(15)16-8-7-9-18(26-3)22(16)27-4/h7-13,23H,1-6H3. The van der Waals surface area contributed by atoms with Crippen LogP contribution in [0.5, 0.6) is 11.5 Å². The van der Waals surface area contributed by atoms with Crippen LogP contribution < -0.4 is 9.47 Å². The number of methoxy groups -OCH3 is 4. The average molecular weight is 432 g/mol. The summed E-state index contributed by atoms with van der Waals surface area (Å²) < 4.78 is 27.8. The first-order valence-corrected chi connectivity index (χ1v) is 9.90. The molecule has 0 fully saturated rings. The van der Waals surface area contributed by atoms with Gasteiger partial charge in [0, 0.05) is 30.7 Å². The third-order valence-electron chi connectivity index (χ3n) is 4.86. The summed E-state index contributed by atoms with van der Waals surface area (Å²) in [6.07, 6.45) is -0.674. The van der Waals surface area contributed by atoms with Gasteiger partial charge in [-0.25, -0.2) is 0 Å². The second-order valence-electron chi connectivity index (χ2n) is 7.00. The largest absolute Gasteiger partial charge is 0.493 e. The topological polar surface area (TPSA) is 63.0 Å². The van der Waals surface area contributed by atoms with Gasteiger partial charge in [0.2, 0.25) is 6.29 Å². The molecule has 0 aliphatic heterocycles. The number of ether oxygens (including phenoxy) is 4. The fraction of sp³-hybridized carbons (Fsp3) is 0.348. The molecule has 1 heterocycles. The van der Waals surface area contributed by atoms with E-state index in [2.05, 4.69) is 5.16 Å². The second kappa shape index (κ2) is 9.51. The molecule has 0 unspecified atom stereocenters. The van der Waals surface area contributed by atoms with Crippen molar-refractivity contribution < 1.29 is 23.5 Å². The zero-order valence-corrected chi connectivity index (χ0v) is 18.7. The van der Waals surface area contributed by atoms with Gasteiger partial charge in [-0.3, -0.25) is 0 Å². The SMILES string of the molecule is COc1cccc(-c2cc(Cl)ccc2-c2c(C(OC)OC)noc2C(C)C)c1OC. The molecule has 0 aliphatic rings. The highest BCUT2D eigenvalue weighted by Crippen LogP contribution is 2.46. The predicted octanol–water partition coefficient (Wildman–Crippen LogP) is 6.09. The third kappa shape index (κ3) is 4.03. The molecule has 0 spiro atoms. The summed E-state index contributed by atoms with van der Waals surface area (Å²) in [5.41, 5.74) is 3.95. The van der Waals surface area contributed by atoms with Crippen molar-refractivity contribution in [3.05, 3.63) is 52.9 Å². The van der Waals surface area contributed by atoms with Gasteiger partial charge < -0.3 is 23.5 Å². The molecule has 0 radical (unpaired) electrons. The molecule has 3 rings (SSSR count). The molecule has 0 N–H and O–H groups in total. The Balaban J connectivity index is 2.35. The predicted molar refractivity (Wildman–Crippen MR) is 116 cm³/mol. The first-order valence-electron chi connectivity index (χ1n) is 9.53. The fourth-order valence-corrected chi connectivity index (χ4v) is 3.69. The maximum Gasteiger partial charge on any atom is 0.204 e. The van der Waals surface area contributed by atoms with E-state index in [1.807, 2.05) is 50.2 Å². The Morgan fingerprint density at radius 2 is 1.63 bits per heavy atom. The third-order valence-corrected chi connectivity index (χ3v) is 5.10. The van der Waals surface area contributed by atoms with E-state index < -0.39 is 6.29 Å². The molecule has 30 heavy (non-hydrogen) atoms. The lowest BCUT2D eigenvalue weighted by molar-refractivity contribution is -0.109. The molecule has 2 aromatic carbocycles. The quantitative estimate of drug-likeness (QED) is 0.402. The molecule has 3 aromatic rings. The summed E-state index contributed by atoms with van der Waals surface area (Å²) >= 11 is 6.40. The lowest BCUT2D eigenvalue weighted by Crippen LogP contribution is -2.06. The highest BCUT2D eigenvalue weighted by Gasteiger charge is 2.29. The van der Waals surface area contributed by atoms with E-state index in [0.717, 1.165) is 28.0 Å². The molecular formula is C23H26ClNO5. The van der Waals surface area contributed by atoms with Crippen LogP contribution in [0.15, 0.2) is 40.9 Å². The van der Waals surface area contributed by atoms with Crippen molar-refractivity contribution in [2.75, 3.05) is 28.4 Å². The van der Waals surface area contributed by atoms with Crippen molar-refractivity contribution in [3.63, 3.8) is 0 Å². The van der Waals surface area contributed by atoms with Crippen LogP contribution in [0.25, 0.3) is 22.3 Å². The van der Waals surface area contributed by atoms with E-state index in [1.165, 1.54) is 0 Å². The number of para-hydroxylation sites is 1. The van der Waals surface area contributed by atoms with Gasteiger partial charge >= 0.3 is 0 Å². The first kappa shape index (κ1) is 22.2. The van der Waals surface area contributed by atoms with Gasteiger partial charge in [0.25, 0.3) is 0 Å². The van der Waals surface area contributed by atoms with Crippen LogP contribution in [0.3, 0.4) is 0 Å². The van der Waals surface area contributed by atoms with Crippen LogP contribution in [0.1, 0.15) is 37.5 Å². The van der Waals surface area contributed by atoms with Crippen LogP contribution in [0.4, 0.5) is 0 Å². The van der Waals surface area contributed by atoms with Crippen molar-refractivity contribution in [3.8, 4) is 33.8 Å². The monoisotopic (exact) mass is 431 g/mol. The number of halogens is 1. The van der Waals surface area contributed by atoms with E-state index in [9.17, 15) is 0 Å². The Labute approximate surface area is 181 Å². The molecule has 160 valence electrons. The highest BCUT2D eigenvalue weighted by atomic mass is 35.5. The van der Waals surface area contributed by atoms with Crippen LogP contribution in [-0.4, -0.2) is 33.6 Å². The van der Waals surface area contributed by atoms with Crippen LogP contribution in [-0.2, 0) is 9.47 Å². The number of nitrogens with zero attached hydrogens (tertiary/aromatic N) is 1. The van der Waals surface area contributed by atoms with Crippen molar-refractivity contribution in [1.82, 2.24) is 5.16 Å². The molecule has 0 amide bonds. The molecule has 0 atom stereocenters. The maximum absolute atomic E-state index is 6.40. The minimum atomic E-state index is -0.674. The zero-order valence-electron chi connectivity index (χ0n) is 18.0. The van der Waals surface area contributed by atoms with Crippen molar-refractivity contribution in [1.29, 1.82) is 0 Å². The van der Waals surface area contributed by atoms with Crippen molar-refractivity contribution >= 4 is 11.6 Å². The minimum Gasteiger partial charge on any atom is -0.493 e. The van der Waals surface area contributed by atoms with E-state index in [1.54, 1.807) is 28.4 Å². The maximum atomic E-state index is 6.40. The molecule has 1 aromatic heterocycles. The summed E-state index contributed by atoms with van der Waals surface area (Å²) in [4.78, 5) is 0. The Morgan fingerprint density at radius 1 is 0.900 bits per heavy atom. The molecule has 0 saturated carbocycles. The zero-order chi connectivity index (χ0) is 21.8. The van der Waals surface area contributed by atoms with Gasteiger partial charge in [-0.05, 0) is 29.3 Å². The Hall–Kier alpha value is -2.54. The number of hydrogen-bond donors (Lipinski definition) is 0. The smallest absolute Gasteiger partial charge is 0.204 e. The second-order valence-corrected chi connectivity index (χ2v) is 7.43. The molecule has 0 saturated heterocycles. The Kier molecular flexibility index (Phi) is 7.02. The molecule has 0 aliphatic carbocycles. The van der Waals surface area contributed by atoms with Gasteiger partial charge in [0.15, 0.2) is 11.5 Å². The first-order chi connectivity index (χ1) is 14.5. The highest BCUT2D eigenvalue weighted by molar-refractivity contribution is 6.31. The minimum absolute atomic E-state index is 0.0892. The van der Waals surface area contributed by atoms with Crippen LogP contribution in [0.2, 0.25) is 5.02 Å². The van der Waals surface area contributed by atoms with Gasteiger partial charge in [0.1, 0.15) is 11.5 Å². The van der Waals surface area contributed by atoms with E-state index in [-0.39, 0.29) is 5.92 Å². The van der Waals surface area contributed by atoms with E-state index >= 15 is 0 Å². The van der Waals surface area contributed by atoms with Crippen LogP contribution >= 0.6 is 11.6 Å². The van der Waals surface area contributed by atoms with Crippen molar-refractivity contribution in [2.24, 2.45) is 0 Å². The molecule has 6 nitrogen and oxygen atoms in total. The molecule has 7 heteroatoms. The van der Waals surface area contributed by atoms with E-state index in [4.69, 9.17) is 35.1 Å². The summed E-state index contributed by atoms with van der Waals surface area (Å²) in [7, 11) is 6.35. The number of hydrogen-bond acceptors (Lipinski definition) is 6. The lowest BCUT2D eigenvalue weighted by atomic mass is 9.90. The fourth-order valence-electron chi connectivity index (χ4n) is 3.52. The van der Waals surface area contributed by atoms with Gasteiger partial charge in [0.05, 0.1) is 19.8 Å².